The van der Waals surface area contributed by atoms with E-state index in [0.29, 0.717) is 23.8 Å². The summed E-state index contributed by atoms with van der Waals surface area (Å²) in [6, 6.07) is 8.85. The second-order valence-electron chi connectivity index (χ2n) is 7.30. The van der Waals surface area contributed by atoms with Crippen molar-refractivity contribution < 1.29 is 9.53 Å². The van der Waals surface area contributed by atoms with Crippen LogP contribution in [-0.4, -0.2) is 36.5 Å². The first-order chi connectivity index (χ1) is 11.7. The van der Waals surface area contributed by atoms with Crippen LogP contribution in [0.15, 0.2) is 24.3 Å². The summed E-state index contributed by atoms with van der Waals surface area (Å²) in [6.07, 6.45) is 4.28. The lowest BCUT2D eigenvalue weighted by Crippen LogP contribution is -2.50. The number of benzene rings is 1. The average molecular weight is 330 g/mol. The molecule has 1 saturated heterocycles. The summed E-state index contributed by atoms with van der Waals surface area (Å²) in [5, 5.41) is 3.68. The van der Waals surface area contributed by atoms with Gasteiger partial charge in [0.2, 0.25) is 5.91 Å². The van der Waals surface area contributed by atoms with Gasteiger partial charge in [-0.3, -0.25) is 4.79 Å². The standard InChI is InChI=1S/C20H30N2O2/c1-3-12-24-18-8-4-16(5-9-18)13-21-19-10-11-22(14-15(19)2)20(23)17-6-7-17/h4-5,8-9,15,17,19,21H,3,6-7,10-14H2,1-2H3. The van der Waals surface area contributed by atoms with Gasteiger partial charge in [0.25, 0.3) is 0 Å². The van der Waals surface area contributed by atoms with E-state index in [1.54, 1.807) is 0 Å². The Kier molecular flexibility index (Phi) is 5.77. The van der Waals surface area contributed by atoms with Gasteiger partial charge in [0.05, 0.1) is 6.61 Å². The summed E-state index contributed by atoms with van der Waals surface area (Å²) >= 11 is 0. The predicted octanol–water partition coefficient (Wildman–Crippen LogP) is 3.21. The van der Waals surface area contributed by atoms with Gasteiger partial charge in [0.1, 0.15) is 5.75 Å². The third kappa shape index (κ3) is 4.50. The Bertz CT molecular complexity index is 539. The number of nitrogens with zero attached hydrogens (tertiary/aromatic N) is 1. The van der Waals surface area contributed by atoms with Crippen LogP contribution in [0, 0.1) is 11.8 Å². The van der Waals surface area contributed by atoms with Crippen molar-refractivity contribution in [1.82, 2.24) is 10.2 Å². The lowest BCUT2D eigenvalue weighted by molar-refractivity contribution is -0.134. The van der Waals surface area contributed by atoms with Crippen molar-refractivity contribution in [3.8, 4) is 5.75 Å². The number of carbonyl (C=O) groups excluding carboxylic acids is 1. The Hall–Kier alpha value is -1.55. The predicted molar refractivity (Wildman–Crippen MR) is 95.9 cm³/mol. The summed E-state index contributed by atoms with van der Waals surface area (Å²) in [6.45, 7) is 7.82. The van der Waals surface area contributed by atoms with E-state index in [1.807, 2.05) is 12.1 Å². The second-order valence-corrected chi connectivity index (χ2v) is 7.30. The first kappa shape index (κ1) is 17.3. The minimum Gasteiger partial charge on any atom is -0.494 e. The van der Waals surface area contributed by atoms with Gasteiger partial charge >= 0.3 is 0 Å². The monoisotopic (exact) mass is 330 g/mol. The number of carbonyl (C=O) groups is 1. The van der Waals surface area contributed by atoms with Gasteiger partial charge < -0.3 is 15.0 Å². The molecule has 2 atom stereocenters. The quantitative estimate of drug-likeness (QED) is 0.835. The molecule has 132 valence electrons. The maximum absolute atomic E-state index is 12.2. The number of amides is 1. The van der Waals surface area contributed by atoms with E-state index < -0.39 is 0 Å². The number of hydrogen-bond acceptors (Lipinski definition) is 3. The molecule has 0 aromatic heterocycles. The summed E-state index contributed by atoms with van der Waals surface area (Å²) in [4.78, 5) is 14.3. The van der Waals surface area contributed by atoms with Crippen molar-refractivity contribution in [3.63, 3.8) is 0 Å². The molecule has 4 heteroatoms. The van der Waals surface area contributed by atoms with Crippen LogP contribution in [0.2, 0.25) is 0 Å². The zero-order valence-electron chi connectivity index (χ0n) is 15.0. The van der Waals surface area contributed by atoms with E-state index in [2.05, 4.69) is 36.2 Å². The van der Waals surface area contributed by atoms with Crippen LogP contribution < -0.4 is 10.1 Å². The molecule has 1 saturated carbocycles. The molecule has 2 aliphatic rings. The summed E-state index contributed by atoms with van der Waals surface area (Å²) in [5.41, 5.74) is 1.28. The minimum absolute atomic E-state index is 0.343. The summed E-state index contributed by atoms with van der Waals surface area (Å²) in [5.74, 6) is 2.19. The minimum atomic E-state index is 0.343. The zero-order valence-corrected chi connectivity index (χ0v) is 15.0. The van der Waals surface area contributed by atoms with Crippen LogP contribution in [0.5, 0.6) is 5.75 Å². The molecule has 1 heterocycles. The molecule has 0 spiro atoms. The fourth-order valence-electron chi connectivity index (χ4n) is 3.41. The normalized spacial score (nSPS) is 24.0. The zero-order chi connectivity index (χ0) is 16.9. The number of hydrogen-bond donors (Lipinski definition) is 1. The van der Waals surface area contributed by atoms with Crippen LogP contribution in [-0.2, 0) is 11.3 Å². The van der Waals surface area contributed by atoms with Crippen molar-refractivity contribution in [2.45, 2.75) is 52.1 Å². The van der Waals surface area contributed by atoms with Gasteiger partial charge in [-0.2, -0.15) is 0 Å². The first-order valence-corrected chi connectivity index (χ1v) is 9.41. The van der Waals surface area contributed by atoms with Crippen molar-refractivity contribution in [2.75, 3.05) is 19.7 Å². The molecule has 2 unspecified atom stereocenters. The van der Waals surface area contributed by atoms with Crippen molar-refractivity contribution >= 4 is 5.91 Å². The molecular formula is C20H30N2O2. The Morgan fingerprint density at radius 1 is 1.25 bits per heavy atom. The third-order valence-corrected chi connectivity index (χ3v) is 5.11. The number of likely N-dealkylation sites (tertiary alicyclic amines) is 1. The van der Waals surface area contributed by atoms with E-state index in [4.69, 9.17) is 4.74 Å². The number of rotatable bonds is 7. The number of ether oxygens (including phenoxy) is 1. The molecule has 1 aliphatic heterocycles. The molecule has 3 rings (SSSR count). The number of nitrogens with one attached hydrogen (secondary N) is 1. The molecule has 1 aliphatic carbocycles. The van der Waals surface area contributed by atoms with E-state index in [0.717, 1.165) is 57.7 Å². The van der Waals surface area contributed by atoms with E-state index in [-0.39, 0.29) is 0 Å². The van der Waals surface area contributed by atoms with Gasteiger partial charge in [-0.25, -0.2) is 0 Å². The molecule has 1 aromatic carbocycles. The van der Waals surface area contributed by atoms with E-state index in [1.165, 1.54) is 5.56 Å². The maximum atomic E-state index is 12.2. The van der Waals surface area contributed by atoms with Gasteiger partial charge in [-0.15, -0.1) is 0 Å². The Balaban J connectivity index is 1.44. The summed E-state index contributed by atoms with van der Waals surface area (Å²) in [7, 11) is 0. The van der Waals surface area contributed by atoms with Crippen LogP contribution in [0.3, 0.4) is 0 Å². The molecular weight excluding hydrogens is 300 g/mol. The Morgan fingerprint density at radius 2 is 2.00 bits per heavy atom. The highest BCUT2D eigenvalue weighted by Crippen LogP contribution is 2.32. The fourth-order valence-corrected chi connectivity index (χ4v) is 3.41. The maximum Gasteiger partial charge on any atom is 0.225 e. The first-order valence-electron chi connectivity index (χ1n) is 9.41. The van der Waals surface area contributed by atoms with Crippen molar-refractivity contribution in [2.24, 2.45) is 11.8 Å². The molecule has 1 N–H and O–H groups in total. The topological polar surface area (TPSA) is 41.6 Å². The lowest BCUT2D eigenvalue weighted by atomic mass is 9.93. The average Bonchev–Trinajstić information content (AvgIpc) is 3.44. The highest BCUT2D eigenvalue weighted by atomic mass is 16.5. The van der Waals surface area contributed by atoms with Gasteiger partial charge in [0, 0.05) is 31.6 Å². The number of piperidine rings is 1. The van der Waals surface area contributed by atoms with Gasteiger partial charge in [-0.1, -0.05) is 26.0 Å². The molecule has 1 amide bonds. The van der Waals surface area contributed by atoms with Gasteiger partial charge in [-0.05, 0) is 49.3 Å². The van der Waals surface area contributed by atoms with Crippen molar-refractivity contribution in [3.05, 3.63) is 29.8 Å². The fraction of sp³-hybridized carbons (Fsp3) is 0.650. The molecule has 2 fully saturated rings. The van der Waals surface area contributed by atoms with E-state index in [9.17, 15) is 4.79 Å². The molecule has 0 bridgehead atoms. The van der Waals surface area contributed by atoms with Crippen LogP contribution in [0.1, 0.15) is 45.1 Å². The van der Waals surface area contributed by atoms with Crippen LogP contribution in [0.4, 0.5) is 0 Å². The van der Waals surface area contributed by atoms with E-state index >= 15 is 0 Å². The molecule has 4 nitrogen and oxygen atoms in total. The lowest BCUT2D eigenvalue weighted by Gasteiger charge is -2.37. The van der Waals surface area contributed by atoms with Crippen LogP contribution in [0.25, 0.3) is 0 Å². The van der Waals surface area contributed by atoms with Crippen LogP contribution >= 0.6 is 0 Å². The highest BCUT2D eigenvalue weighted by molar-refractivity contribution is 5.81. The smallest absolute Gasteiger partial charge is 0.225 e. The van der Waals surface area contributed by atoms with Gasteiger partial charge in [0.15, 0.2) is 0 Å². The Morgan fingerprint density at radius 3 is 2.62 bits per heavy atom. The highest BCUT2D eigenvalue weighted by Gasteiger charge is 2.36. The largest absolute Gasteiger partial charge is 0.494 e. The van der Waals surface area contributed by atoms with Crippen molar-refractivity contribution in [1.29, 1.82) is 0 Å². The molecule has 0 radical (unpaired) electrons. The second kappa shape index (κ2) is 8.02. The SMILES string of the molecule is CCCOc1ccc(CNC2CCN(C(=O)C3CC3)CC2C)cc1. The molecule has 24 heavy (non-hydrogen) atoms. The third-order valence-electron chi connectivity index (χ3n) is 5.11. The molecule has 1 aromatic rings. The Labute approximate surface area is 145 Å². The summed E-state index contributed by atoms with van der Waals surface area (Å²) < 4.78 is 5.62.